The summed E-state index contributed by atoms with van der Waals surface area (Å²) in [7, 11) is 1.74. The number of aromatic nitrogens is 2. The fourth-order valence-corrected chi connectivity index (χ4v) is 5.27. The number of nitrogens with one attached hydrogen (secondary N) is 2. The molecule has 3 aromatic rings. The maximum absolute atomic E-state index is 14.1. The topological polar surface area (TPSA) is 79.3 Å². The molecule has 0 spiro atoms. The number of alkyl halides is 4. The predicted molar refractivity (Wildman–Crippen MR) is 156 cm³/mol. The fraction of sp³-hybridized carbons (Fsp3) is 0.483. The summed E-state index contributed by atoms with van der Waals surface area (Å²) in [4.78, 5) is 31.4. The summed E-state index contributed by atoms with van der Waals surface area (Å²) in [6, 6.07) is 6.42. The number of amides is 2. The van der Waals surface area contributed by atoms with Crippen LogP contribution < -0.4 is 15.5 Å². The second-order valence-electron chi connectivity index (χ2n) is 11.8. The second-order valence-corrected chi connectivity index (χ2v) is 12.6. The van der Waals surface area contributed by atoms with Crippen LogP contribution in [0.3, 0.4) is 0 Å². The van der Waals surface area contributed by atoms with Crippen molar-refractivity contribution in [2.24, 2.45) is 12.5 Å². The van der Waals surface area contributed by atoms with E-state index in [4.69, 9.17) is 23.2 Å². The van der Waals surface area contributed by atoms with Crippen molar-refractivity contribution in [2.45, 2.75) is 58.9 Å². The molecule has 0 radical (unpaired) electrons. The van der Waals surface area contributed by atoms with Crippen LogP contribution >= 0.6 is 23.2 Å². The Hall–Kier alpha value is -3.05. The van der Waals surface area contributed by atoms with Gasteiger partial charge in [0.1, 0.15) is 5.82 Å². The summed E-state index contributed by atoms with van der Waals surface area (Å²) >= 11 is 13.2. The predicted octanol–water partition coefficient (Wildman–Crippen LogP) is 6.36. The van der Waals surface area contributed by atoms with Gasteiger partial charge in [-0.25, -0.2) is 22.5 Å². The van der Waals surface area contributed by atoms with Crippen molar-refractivity contribution < 1.29 is 27.2 Å². The monoisotopic (exact) mass is 629 g/mol. The number of nitrogens with zero attached hydrogens (tertiary/aromatic N) is 3. The molecule has 1 aliphatic rings. The number of carbonyl (C=O) groups excluding carboxylic acids is 2. The van der Waals surface area contributed by atoms with Gasteiger partial charge < -0.3 is 20.1 Å². The molecule has 1 fully saturated rings. The molecule has 1 aromatic heterocycles. The van der Waals surface area contributed by atoms with E-state index in [9.17, 15) is 27.2 Å². The summed E-state index contributed by atoms with van der Waals surface area (Å²) in [6.07, 6.45) is -0.204. The van der Waals surface area contributed by atoms with Crippen LogP contribution in [-0.4, -0.2) is 52.8 Å². The zero-order valence-electron chi connectivity index (χ0n) is 24.0. The Kier molecular flexibility index (Phi) is 8.77. The van der Waals surface area contributed by atoms with Gasteiger partial charge in [0.05, 0.1) is 40.4 Å². The first-order chi connectivity index (χ1) is 19.4. The SMILES string of the molecule is Cn1c(Cc2c(Cl)ccc(CNC(=O)C(C)(C)C)c2Cl)nc2cc(C(=O)NCC(C)(F)F)c(N3CCC(F)(F)C3)cc21. The number of anilines is 1. The van der Waals surface area contributed by atoms with Crippen LogP contribution in [0.5, 0.6) is 0 Å². The molecule has 0 bridgehead atoms. The summed E-state index contributed by atoms with van der Waals surface area (Å²) in [5.41, 5.74) is 1.76. The first-order valence-corrected chi connectivity index (χ1v) is 14.1. The Bertz CT molecular complexity index is 1530. The molecule has 2 heterocycles. The lowest BCUT2D eigenvalue weighted by molar-refractivity contribution is -0.128. The summed E-state index contributed by atoms with van der Waals surface area (Å²) in [5, 5.41) is 5.82. The third kappa shape index (κ3) is 7.11. The number of aryl methyl sites for hydroxylation is 1. The zero-order valence-corrected chi connectivity index (χ0v) is 25.5. The van der Waals surface area contributed by atoms with Gasteiger partial charge >= 0.3 is 0 Å². The minimum absolute atomic E-state index is 0.00278. The Morgan fingerprint density at radius 1 is 1.10 bits per heavy atom. The fourth-order valence-electron chi connectivity index (χ4n) is 4.69. The van der Waals surface area contributed by atoms with Crippen LogP contribution in [0.15, 0.2) is 24.3 Å². The Balaban J connectivity index is 1.71. The first-order valence-electron chi connectivity index (χ1n) is 13.4. The molecule has 0 saturated carbocycles. The number of halogens is 6. The van der Waals surface area contributed by atoms with Crippen molar-refractivity contribution in [1.82, 2.24) is 20.2 Å². The van der Waals surface area contributed by atoms with Crippen molar-refractivity contribution in [3.05, 3.63) is 56.8 Å². The summed E-state index contributed by atoms with van der Waals surface area (Å²) < 4.78 is 56.9. The van der Waals surface area contributed by atoms with Crippen molar-refractivity contribution in [3.63, 3.8) is 0 Å². The van der Waals surface area contributed by atoms with E-state index >= 15 is 0 Å². The molecular formula is C29H33Cl2F4N5O2. The van der Waals surface area contributed by atoms with E-state index in [2.05, 4.69) is 15.6 Å². The van der Waals surface area contributed by atoms with Crippen LogP contribution in [0.4, 0.5) is 23.2 Å². The Labute approximate surface area is 251 Å². The van der Waals surface area contributed by atoms with E-state index in [-0.39, 0.29) is 43.1 Å². The maximum Gasteiger partial charge on any atom is 0.266 e. The van der Waals surface area contributed by atoms with Gasteiger partial charge in [-0.3, -0.25) is 9.59 Å². The van der Waals surface area contributed by atoms with E-state index < -0.39 is 36.3 Å². The van der Waals surface area contributed by atoms with E-state index in [1.165, 1.54) is 11.0 Å². The molecule has 13 heteroatoms. The molecular weight excluding hydrogens is 597 g/mol. The Morgan fingerprint density at radius 2 is 1.79 bits per heavy atom. The number of imidazole rings is 1. The van der Waals surface area contributed by atoms with Gasteiger partial charge in [0, 0.05) is 50.3 Å². The van der Waals surface area contributed by atoms with Gasteiger partial charge in [-0.15, -0.1) is 0 Å². The number of fused-ring (bicyclic) bond motifs is 1. The van der Waals surface area contributed by atoms with Crippen molar-refractivity contribution in [1.29, 1.82) is 0 Å². The highest BCUT2D eigenvalue weighted by Crippen LogP contribution is 2.36. The third-order valence-corrected chi connectivity index (χ3v) is 7.95. The number of carbonyl (C=O) groups is 2. The van der Waals surface area contributed by atoms with Crippen LogP contribution in [-0.2, 0) is 24.8 Å². The standard InChI is InChI=1S/C29H33Cl2F4N5O2/c1-27(2,3)26(42)36-13-16-6-7-19(30)17(24(16)31)11-23-38-20-10-18(25(41)37-14-28(4,32)33)21(12-22(20)39(23)5)40-9-8-29(34,35)15-40/h6-7,10,12H,8-9,11,13-15H2,1-5H3,(H,36,42)(H,37,41). The van der Waals surface area contributed by atoms with Gasteiger partial charge in [-0.1, -0.05) is 50.0 Å². The highest BCUT2D eigenvalue weighted by molar-refractivity contribution is 6.36. The highest BCUT2D eigenvalue weighted by atomic mass is 35.5. The quantitative estimate of drug-likeness (QED) is 0.284. The van der Waals surface area contributed by atoms with Crippen LogP contribution in [0.25, 0.3) is 11.0 Å². The van der Waals surface area contributed by atoms with Gasteiger partial charge in [0.25, 0.3) is 17.8 Å². The molecule has 228 valence electrons. The highest BCUT2D eigenvalue weighted by Gasteiger charge is 2.39. The van der Waals surface area contributed by atoms with Crippen molar-refractivity contribution in [3.8, 4) is 0 Å². The molecule has 2 amide bonds. The molecule has 42 heavy (non-hydrogen) atoms. The summed E-state index contributed by atoms with van der Waals surface area (Å²) in [5.74, 6) is -6.53. The zero-order chi connectivity index (χ0) is 31.2. The van der Waals surface area contributed by atoms with E-state index in [1.54, 1.807) is 50.6 Å². The van der Waals surface area contributed by atoms with Crippen molar-refractivity contribution >= 4 is 51.7 Å². The largest absolute Gasteiger partial charge is 0.365 e. The molecule has 0 unspecified atom stereocenters. The van der Waals surface area contributed by atoms with Crippen LogP contribution in [0.1, 0.15) is 61.4 Å². The molecule has 7 nitrogen and oxygen atoms in total. The minimum atomic E-state index is -3.15. The normalized spacial score (nSPS) is 15.4. The van der Waals surface area contributed by atoms with E-state index in [0.717, 1.165) is 0 Å². The number of hydrogen-bond acceptors (Lipinski definition) is 4. The van der Waals surface area contributed by atoms with Gasteiger partial charge in [-0.2, -0.15) is 0 Å². The molecule has 1 aliphatic heterocycles. The lowest BCUT2D eigenvalue weighted by Gasteiger charge is -2.22. The molecule has 4 rings (SSSR count). The van der Waals surface area contributed by atoms with Gasteiger partial charge in [0.2, 0.25) is 5.91 Å². The number of hydrogen-bond donors (Lipinski definition) is 2. The molecule has 0 atom stereocenters. The average molecular weight is 631 g/mol. The van der Waals surface area contributed by atoms with Crippen LogP contribution in [0, 0.1) is 5.41 Å². The van der Waals surface area contributed by atoms with Gasteiger partial charge in [0.15, 0.2) is 0 Å². The second kappa shape index (κ2) is 11.6. The summed E-state index contributed by atoms with van der Waals surface area (Å²) in [6.45, 7) is 4.77. The van der Waals surface area contributed by atoms with E-state index in [0.29, 0.717) is 45.0 Å². The molecule has 2 aromatic carbocycles. The number of rotatable bonds is 8. The molecule has 2 N–H and O–H groups in total. The first kappa shape index (κ1) is 31.9. The minimum Gasteiger partial charge on any atom is -0.365 e. The lowest BCUT2D eigenvalue weighted by Crippen LogP contribution is -2.35. The number of benzene rings is 2. The molecule has 0 aliphatic carbocycles. The average Bonchev–Trinajstić information content (AvgIpc) is 3.40. The van der Waals surface area contributed by atoms with Crippen LogP contribution in [0.2, 0.25) is 10.0 Å². The molecule has 1 saturated heterocycles. The van der Waals surface area contributed by atoms with Gasteiger partial charge in [-0.05, 0) is 29.3 Å². The lowest BCUT2D eigenvalue weighted by atomic mass is 9.95. The maximum atomic E-state index is 14.1. The third-order valence-electron chi connectivity index (χ3n) is 7.13. The van der Waals surface area contributed by atoms with E-state index in [1.807, 2.05) is 0 Å². The Morgan fingerprint density at radius 3 is 2.38 bits per heavy atom. The smallest absolute Gasteiger partial charge is 0.266 e. The van der Waals surface area contributed by atoms with Crippen molar-refractivity contribution in [2.75, 3.05) is 24.5 Å².